The third-order valence-electron chi connectivity index (χ3n) is 3.26. The zero-order valence-corrected chi connectivity index (χ0v) is 10.2. The van der Waals surface area contributed by atoms with Crippen molar-refractivity contribution in [2.24, 2.45) is 0 Å². The van der Waals surface area contributed by atoms with Gasteiger partial charge in [-0.2, -0.15) is 0 Å². The number of aromatic nitrogens is 2. The zero-order chi connectivity index (χ0) is 12.4. The second kappa shape index (κ2) is 4.69. The Labute approximate surface area is 100 Å². The van der Waals surface area contributed by atoms with Crippen LogP contribution in [-0.4, -0.2) is 33.6 Å². The molecule has 0 radical (unpaired) electrons. The van der Waals surface area contributed by atoms with Crippen molar-refractivity contribution in [3.05, 3.63) is 17.5 Å². The molecule has 0 aromatic carbocycles. The fourth-order valence-electron chi connectivity index (χ4n) is 2.20. The van der Waals surface area contributed by atoms with E-state index in [0.717, 1.165) is 19.4 Å². The van der Waals surface area contributed by atoms with E-state index in [4.69, 9.17) is 5.11 Å². The summed E-state index contributed by atoms with van der Waals surface area (Å²) in [5, 5.41) is 8.93. The summed E-state index contributed by atoms with van der Waals surface area (Å²) in [5.74, 6) is -0.319. The van der Waals surface area contributed by atoms with Gasteiger partial charge in [0.1, 0.15) is 0 Å². The van der Waals surface area contributed by atoms with E-state index >= 15 is 0 Å². The van der Waals surface area contributed by atoms with Crippen LogP contribution in [0.25, 0.3) is 0 Å². The number of hydrogen-bond acceptors (Lipinski definition) is 4. The van der Waals surface area contributed by atoms with E-state index in [0.29, 0.717) is 17.7 Å². The standard InChI is InChI=1S/C12H17N3O2/c1-8-5-3-4-6-15(8)12-13-7-10(11(16)17)9(2)14-12/h7-8H,3-6H2,1-2H3,(H,16,17). The van der Waals surface area contributed by atoms with Gasteiger partial charge in [-0.1, -0.05) is 0 Å². The summed E-state index contributed by atoms with van der Waals surface area (Å²) in [4.78, 5) is 21.5. The number of nitrogens with zero attached hydrogens (tertiary/aromatic N) is 3. The van der Waals surface area contributed by atoms with E-state index in [-0.39, 0.29) is 5.56 Å². The largest absolute Gasteiger partial charge is 0.478 e. The van der Waals surface area contributed by atoms with Crippen molar-refractivity contribution >= 4 is 11.9 Å². The molecule has 0 amide bonds. The van der Waals surface area contributed by atoms with Crippen molar-refractivity contribution in [1.82, 2.24) is 9.97 Å². The third kappa shape index (κ3) is 2.38. The fraction of sp³-hybridized carbons (Fsp3) is 0.583. The van der Waals surface area contributed by atoms with E-state index in [2.05, 4.69) is 21.8 Å². The highest BCUT2D eigenvalue weighted by Crippen LogP contribution is 2.21. The van der Waals surface area contributed by atoms with Crippen LogP contribution < -0.4 is 4.90 Å². The average molecular weight is 235 g/mol. The smallest absolute Gasteiger partial charge is 0.339 e. The number of rotatable bonds is 2. The van der Waals surface area contributed by atoms with Crippen LogP contribution in [0.4, 0.5) is 5.95 Å². The van der Waals surface area contributed by atoms with E-state index < -0.39 is 5.97 Å². The molecule has 0 bridgehead atoms. The van der Waals surface area contributed by atoms with Crippen LogP contribution in [-0.2, 0) is 0 Å². The van der Waals surface area contributed by atoms with Crippen LogP contribution in [0.5, 0.6) is 0 Å². The van der Waals surface area contributed by atoms with Gasteiger partial charge >= 0.3 is 5.97 Å². The van der Waals surface area contributed by atoms with Crippen molar-refractivity contribution in [3.63, 3.8) is 0 Å². The predicted octanol–water partition coefficient (Wildman–Crippen LogP) is 1.86. The highest BCUT2D eigenvalue weighted by molar-refractivity contribution is 5.88. The molecule has 1 unspecified atom stereocenters. The average Bonchev–Trinajstić information content (AvgIpc) is 2.29. The lowest BCUT2D eigenvalue weighted by molar-refractivity contribution is 0.0695. The fourth-order valence-corrected chi connectivity index (χ4v) is 2.20. The Hall–Kier alpha value is -1.65. The van der Waals surface area contributed by atoms with Gasteiger partial charge in [0.15, 0.2) is 0 Å². The highest BCUT2D eigenvalue weighted by Gasteiger charge is 2.21. The predicted molar refractivity (Wildman–Crippen MR) is 64.4 cm³/mol. The minimum atomic E-state index is -0.972. The number of carbonyl (C=O) groups is 1. The maximum absolute atomic E-state index is 10.9. The first kappa shape index (κ1) is 11.8. The quantitative estimate of drug-likeness (QED) is 0.847. The lowest BCUT2D eigenvalue weighted by Crippen LogP contribution is -2.38. The first-order valence-corrected chi connectivity index (χ1v) is 5.93. The van der Waals surface area contributed by atoms with Gasteiger partial charge in [-0.15, -0.1) is 0 Å². The number of anilines is 1. The Morgan fingerprint density at radius 3 is 2.88 bits per heavy atom. The number of carboxylic acid groups (broad SMARTS) is 1. The molecule has 1 saturated heterocycles. The summed E-state index contributed by atoms with van der Waals surface area (Å²) in [6.45, 7) is 4.82. The SMILES string of the molecule is Cc1nc(N2CCCCC2C)ncc1C(=O)O. The van der Waals surface area contributed by atoms with Gasteiger partial charge in [0.25, 0.3) is 0 Å². The van der Waals surface area contributed by atoms with Crippen LogP contribution in [0.3, 0.4) is 0 Å². The molecular formula is C12H17N3O2. The summed E-state index contributed by atoms with van der Waals surface area (Å²) < 4.78 is 0. The van der Waals surface area contributed by atoms with Gasteiger partial charge < -0.3 is 10.0 Å². The molecule has 5 heteroatoms. The number of piperidine rings is 1. The van der Waals surface area contributed by atoms with Crippen molar-refractivity contribution in [3.8, 4) is 0 Å². The molecule has 0 saturated carbocycles. The molecular weight excluding hydrogens is 218 g/mol. The maximum Gasteiger partial charge on any atom is 0.339 e. The van der Waals surface area contributed by atoms with Crippen molar-refractivity contribution < 1.29 is 9.90 Å². The van der Waals surface area contributed by atoms with Crippen molar-refractivity contribution in [2.75, 3.05) is 11.4 Å². The maximum atomic E-state index is 10.9. The molecule has 1 aliphatic rings. The first-order chi connectivity index (χ1) is 8.09. The molecule has 1 aliphatic heterocycles. The zero-order valence-electron chi connectivity index (χ0n) is 10.2. The van der Waals surface area contributed by atoms with Gasteiger partial charge in [-0.05, 0) is 33.1 Å². The Bertz CT molecular complexity index is 434. The third-order valence-corrected chi connectivity index (χ3v) is 3.26. The first-order valence-electron chi connectivity index (χ1n) is 5.93. The highest BCUT2D eigenvalue weighted by atomic mass is 16.4. The van der Waals surface area contributed by atoms with Crippen LogP contribution >= 0.6 is 0 Å². The van der Waals surface area contributed by atoms with Gasteiger partial charge in [-0.3, -0.25) is 0 Å². The van der Waals surface area contributed by atoms with Crippen LogP contribution in [0.15, 0.2) is 6.20 Å². The molecule has 1 N–H and O–H groups in total. The van der Waals surface area contributed by atoms with Gasteiger partial charge in [-0.25, -0.2) is 14.8 Å². The topological polar surface area (TPSA) is 66.3 Å². The number of aryl methyl sites for hydroxylation is 1. The molecule has 1 aromatic heterocycles. The number of aromatic carboxylic acids is 1. The van der Waals surface area contributed by atoms with Crippen LogP contribution in [0.2, 0.25) is 0 Å². The van der Waals surface area contributed by atoms with Crippen LogP contribution in [0, 0.1) is 6.92 Å². The summed E-state index contributed by atoms with van der Waals surface area (Å²) in [7, 11) is 0. The van der Waals surface area contributed by atoms with Gasteiger partial charge in [0.05, 0.1) is 11.3 Å². The van der Waals surface area contributed by atoms with Gasteiger partial charge in [0, 0.05) is 18.8 Å². The summed E-state index contributed by atoms with van der Waals surface area (Å²) in [5.41, 5.74) is 0.707. The van der Waals surface area contributed by atoms with E-state index in [1.807, 2.05) is 0 Å². The van der Waals surface area contributed by atoms with E-state index in [1.165, 1.54) is 12.6 Å². The molecule has 0 spiro atoms. The normalized spacial score (nSPS) is 20.4. The van der Waals surface area contributed by atoms with Crippen LogP contribution in [0.1, 0.15) is 42.2 Å². The van der Waals surface area contributed by atoms with Crippen molar-refractivity contribution in [2.45, 2.75) is 39.2 Å². The molecule has 1 aromatic rings. The second-order valence-corrected chi connectivity index (χ2v) is 4.51. The Morgan fingerprint density at radius 2 is 2.29 bits per heavy atom. The molecule has 17 heavy (non-hydrogen) atoms. The minimum Gasteiger partial charge on any atom is -0.478 e. The Kier molecular flexibility index (Phi) is 3.26. The summed E-state index contributed by atoms with van der Waals surface area (Å²) >= 11 is 0. The van der Waals surface area contributed by atoms with Gasteiger partial charge in [0.2, 0.25) is 5.95 Å². The summed E-state index contributed by atoms with van der Waals surface area (Å²) in [6, 6.07) is 0.429. The lowest BCUT2D eigenvalue weighted by Gasteiger charge is -2.33. The molecule has 1 fully saturated rings. The monoisotopic (exact) mass is 235 g/mol. The van der Waals surface area contributed by atoms with E-state index in [1.54, 1.807) is 6.92 Å². The molecule has 1 atom stereocenters. The number of hydrogen-bond donors (Lipinski definition) is 1. The molecule has 0 aliphatic carbocycles. The Morgan fingerprint density at radius 1 is 1.53 bits per heavy atom. The minimum absolute atomic E-state index is 0.179. The lowest BCUT2D eigenvalue weighted by atomic mass is 10.0. The molecule has 92 valence electrons. The van der Waals surface area contributed by atoms with E-state index in [9.17, 15) is 4.79 Å². The summed E-state index contributed by atoms with van der Waals surface area (Å²) in [6.07, 6.45) is 4.93. The van der Waals surface area contributed by atoms with Crippen molar-refractivity contribution in [1.29, 1.82) is 0 Å². The molecule has 2 heterocycles. The molecule has 2 rings (SSSR count). The Balaban J connectivity index is 2.27. The number of carboxylic acids is 1. The second-order valence-electron chi connectivity index (χ2n) is 4.51. The molecule has 5 nitrogen and oxygen atoms in total.